The van der Waals surface area contributed by atoms with E-state index in [0.717, 1.165) is 24.2 Å². The highest BCUT2D eigenvalue weighted by molar-refractivity contribution is 6.03. The molecular weight excluding hydrogens is 410 g/mol. The van der Waals surface area contributed by atoms with Gasteiger partial charge in [-0.1, -0.05) is 19.9 Å². The van der Waals surface area contributed by atoms with Crippen LogP contribution < -0.4 is 19.5 Å². The summed E-state index contributed by atoms with van der Waals surface area (Å²) >= 11 is 0. The number of anilines is 1. The van der Waals surface area contributed by atoms with Gasteiger partial charge in [0.25, 0.3) is 11.9 Å². The third kappa shape index (κ3) is 4.00. The molecule has 0 atom stereocenters. The molecule has 4 rings (SSSR count). The first kappa shape index (κ1) is 21.7. The molecule has 0 radical (unpaired) electrons. The first-order chi connectivity index (χ1) is 15.2. The van der Waals surface area contributed by atoms with Crippen molar-refractivity contribution in [3.05, 3.63) is 52.5 Å². The number of amides is 1. The zero-order valence-corrected chi connectivity index (χ0v) is 19.2. The van der Waals surface area contributed by atoms with Crippen molar-refractivity contribution in [1.29, 1.82) is 0 Å². The average Bonchev–Trinajstić information content (AvgIpc) is 3.33. The molecule has 1 N–H and O–H groups in total. The molecule has 0 saturated heterocycles. The Kier molecular flexibility index (Phi) is 5.54. The highest BCUT2D eigenvalue weighted by Crippen LogP contribution is 2.42. The van der Waals surface area contributed by atoms with Crippen molar-refractivity contribution in [2.45, 2.75) is 46.0 Å². The summed E-state index contributed by atoms with van der Waals surface area (Å²) in [4.78, 5) is 21.1. The lowest BCUT2D eigenvalue weighted by atomic mass is 9.86. The predicted molar refractivity (Wildman–Crippen MR) is 119 cm³/mol. The molecule has 8 heteroatoms. The second-order valence-electron chi connectivity index (χ2n) is 8.50. The van der Waals surface area contributed by atoms with Crippen LogP contribution in [0, 0.1) is 13.8 Å². The van der Waals surface area contributed by atoms with Gasteiger partial charge in [-0.25, -0.2) is 0 Å². The largest absolute Gasteiger partial charge is 0.479 e. The number of aryl methyl sites for hydroxylation is 3. The number of carbonyl (C=O) groups is 1. The molecule has 0 fully saturated rings. The molecule has 2 heterocycles. The highest BCUT2D eigenvalue weighted by Gasteiger charge is 2.31. The summed E-state index contributed by atoms with van der Waals surface area (Å²) in [7, 11) is 2.91. The van der Waals surface area contributed by atoms with E-state index >= 15 is 0 Å². The van der Waals surface area contributed by atoms with Crippen molar-refractivity contribution in [1.82, 2.24) is 9.97 Å². The van der Waals surface area contributed by atoms with E-state index in [1.807, 2.05) is 6.92 Å². The van der Waals surface area contributed by atoms with Crippen LogP contribution in [-0.4, -0.2) is 30.1 Å². The molecule has 8 nitrogen and oxygen atoms in total. The smallest absolute Gasteiger partial charge is 0.291 e. The van der Waals surface area contributed by atoms with Gasteiger partial charge in [0.05, 0.1) is 14.2 Å². The topological polar surface area (TPSA) is 95.7 Å². The Labute approximate surface area is 186 Å². The predicted octanol–water partition coefficient (Wildman–Crippen LogP) is 4.97. The molecule has 1 amide bonds. The quantitative estimate of drug-likeness (QED) is 0.581. The second-order valence-corrected chi connectivity index (χ2v) is 8.50. The number of nitrogens with zero attached hydrogens (tertiary/aromatic N) is 2. The number of ether oxygens (including phenoxy) is 3. The molecular formula is C24H27N3O5. The number of nitrogens with one attached hydrogen (secondary N) is 1. The number of fused-ring (bicyclic) bond motifs is 1. The number of rotatable bonds is 6. The molecule has 2 aromatic heterocycles. The number of hydrogen-bond donors (Lipinski definition) is 1. The van der Waals surface area contributed by atoms with Gasteiger partial charge >= 0.3 is 0 Å². The molecule has 1 aromatic carbocycles. The van der Waals surface area contributed by atoms with Gasteiger partial charge in [0, 0.05) is 6.07 Å². The minimum absolute atomic E-state index is 0.0730. The van der Waals surface area contributed by atoms with Gasteiger partial charge < -0.3 is 23.9 Å². The van der Waals surface area contributed by atoms with E-state index in [1.165, 1.54) is 25.3 Å². The van der Waals surface area contributed by atoms with Crippen LogP contribution in [-0.2, 0) is 11.8 Å². The molecule has 0 aliphatic heterocycles. The number of furan rings is 1. The molecule has 168 valence electrons. The van der Waals surface area contributed by atoms with Crippen LogP contribution in [0.2, 0.25) is 0 Å². The lowest BCUT2D eigenvalue weighted by Crippen LogP contribution is -2.14. The van der Waals surface area contributed by atoms with Crippen molar-refractivity contribution in [3.8, 4) is 23.5 Å². The van der Waals surface area contributed by atoms with E-state index in [9.17, 15) is 4.79 Å². The summed E-state index contributed by atoms with van der Waals surface area (Å²) in [6, 6.07) is 7.42. The van der Waals surface area contributed by atoms with Crippen molar-refractivity contribution in [3.63, 3.8) is 0 Å². The van der Waals surface area contributed by atoms with Crippen LogP contribution in [0.5, 0.6) is 23.5 Å². The molecule has 32 heavy (non-hydrogen) atoms. The van der Waals surface area contributed by atoms with Crippen LogP contribution in [0.1, 0.15) is 53.3 Å². The van der Waals surface area contributed by atoms with Crippen LogP contribution in [0.3, 0.4) is 0 Å². The second kappa shape index (κ2) is 8.18. The van der Waals surface area contributed by atoms with Gasteiger partial charge in [-0.2, -0.15) is 9.97 Å². The normalized spacial score (nSPS) is 14.1. The van der Waals surface area contributed by atoms with Crippen molar-refractivity contribution < 1.29 is 23.4 Å². The van der Waals surface area contributed by atoms with E-state index in [0.29, 0.717) is 5.82 Å². The Hall–Kier alpha value is -3.55. The van der Waals surface area contributed by atoms with Crippen LogP contribution in [0.4, 0.5) is 5.69 Å². The molecule has 1 aliphatic rings. The summed E-state index contributed by atoms with van der Waals surface area (Å²) in [5, 5.41) is 2.69. The third-order valence-corrected chi connectivity index (χ3v) is 5.74. The fourth-order valence-electron chi connectivity index (χ4n) is 3.98. The highest BCUT2D eigenvalue weighted by atomic mass is 16.6. The first-order valence-corrected chi connectivity index (χ1v) is 10.4. The maximum Gasteiger partial charge on any atom is 0.291 e. The van der Waals surface area contributed by atoms with Gasteiger partial charge in [-0.05, 0) is 60.9 Å². The van der Waals surface area contributed by atoms with E-state index in [1.54, 1.807) is 19.1 Å². The Morgan fingerprint density at radius 3 is 2.44 bits per heavy atom. The summed E-state index contributed by atoms with van der Waals surface area (Å²) in [6.07, 6.45) is 2.19. The monoisotopic (exact) mass is 437 g/mol. The lowest BCUT2D eigenvalue weighted by molar-refractivity contribution is 0.0990. The van der Waals surface area contributed by atoms with Gasteiger partial charge in [0.15, 0.2) is 11.4 Å². The summed E-state index contributed by atoms with van der Waals surface area (Å²) in [5.74, 6) is 1.37. The van der Waals surface area contributed by atoms with E-state index in [2.05, 4.69) is 41.3 Å². The summed E-state index contributed by atoms with van der Waals surface area (Å²) < 4.78 is 22.2. The standard InChI is InChI=1S/C24H27N3O5/c1-13-11-15-9-10-24(3,4)16(15)12-18(13)32-19-8-7-17(31-19)21(28)27-20-22(29-5)25-14(2)26-23(20)30-6/h7-8,11-12H,9-10H2,1-6H3,(H,27,28). The van der Waals surface area contributed by atoms with Gasteiger partial charge in [-0.3, -0.25) is 4.79 Å². The van der Waals surface area contributed by atoms with Crippen molar-refractivity contribution >= 4 is 11.6 Å². The number of aromatic nitrogens is 2. The first-order valence-electron chi connectivity index (χ1n) is 10.4. The molecule has 1 aliphatic carbocycles. The molecule has 0 spiro atoms. The fourth-order valence-corrected chi connectivity index (χ4v) is 3.98. The van der Waals surface area contributed by atoms with Crippen LogP contribution in [0.15, 0.2) is 28.7 Å². The van der Waals surface area contributed by atoms with E-state index in [4.69, 9.17) is 18.6 Å². The lowest BCUT2D eigenvalue weighted by Gasteiger charge is -2.20. The molecule has 3 aromatic rings. The number of benzene rings is 1. The zero-order valence-electron chi connectivity index (χ0n) is 19.2. The Morgan fingerprint density at radius 1 is 1.09 bits per heavy atom. The molecule has 0 saturated carbocycles. The minimum atomic E-state index is -0.504. The van der Waals surface area contributed by atoms with Gasteiger partial charge in [-0.15, -0.1) is 0 Å². The summed E-state index contributed by atoms with van der Waals surface area (Å²) in [6.45, 7) is 8.19. The Bertz CT molecular complexity index is 1160. The van der Waals surface area contributed by atoms with Gasteiger partial charge in [0.1, 0.15) is 11.6 Å². The fraction of sp³-hybridized carbons (Fsp3) is 0.375. The minimum Gasteiger partial charge on any atom is -0.479 e. The number of hydrogen-bond acceptors (Lipinski definition) is 7. The summed E-state index contributed by atoms with van der Waals surface area (Å²) in [5.41, 5.74) is 4.02. The maximum absolute atomic E-state index is 12.8. The third-order valence-electron chi connectivity index (χ3n) is 5.74. The number of carbonyl (C=O) groups excluding carboxylic acids is 1. The Morgan fingerprint density at radius 2 is 1.78 bits per heavy atom. The van der Waals surface area contributed by atoms with E-state index < -0.39 is 5.91 Å². The zero-order chi connectivity index (χ0) is 23.0. The van der Waals surface area contributed by atoms with Gasteiger partial charge in [0.2, 0.25) is 11.8 Å². The van der Waals surface area contributed by atoms with Crippen LogP contribution in [0.25, 0.3) is 0 Å². The van der Waals surface area contributed by atoms with Crippen molar-refractivity contribution in [2.75, 3.05) is 19.5 Å². The molecule has 0 unspecified atom stereocenters. The SMILES string of the molecule is COc1nc(C)nc(OC)c1NC(=O)c1ccc(Oc2cc3c(cc2C)CCC3(C)C)o1. The van der Waals surface area contributed by atoms with Crippen LogP contribution >= 0.6 is 0 Å². The number of methoxy groups -OCH3 is 2. The maximum atomic E-state index is 12.8. The average molecular weight is 437 g/mol. The van der Waals surface area contributed by atoms with Crippen molar-refractivity contribution in [2.24, 2.45) is 0 Å². The Balaban J connectivity index is 1.55. The van der Waals surface area contributed by atoms with E-state index in [-0.39, 0.29) is 34.6 Å². The molecule has 0 bridgehead atoms.